The number of ether oxygens (including phenoxy) is 1. The first-order valence-electron chi connectivity index (χ1n) is 4.07. The summed E-state index contributed by atoms with van der Waals surface area (Å²) in [6.45, 7) is 0. The molecule has 82 valence electrons. The van der Waals surface area contributed by atoms with Crippen molar-refractivity contribution < 1.29 is 30.0 Å². The maximum absolute atomic E-state index is 10.3. The number of hydrogen-bond donors (Lipinski definition) is 5. The molecule has 1 aliphatic rings. The average Bonchev–Trinajstić information content (AvgIpc) is 2.19. The van der Waals surface area contributed by atoms with Gasteiger partial charge in [0, 0.05) is 0 Å². The molecule has 0 spiro atoms. The van der Waals surface area contributed by atoms with Gasteiger partial charge in [-0.1, -0.05) is 0 Å². The Morgan fingerprint density at radius 3 is 2.21 bits per heavy atom. The summed E-state index contributed by atoms with van der Waals surface area (Å²) in [5.74, 6) is 0. The first-order chi connectivity index (χ1) is 6.49. The molecule has 7 heteroatoms. The summed E-state index contributed by atoms with van der Waals surface area (Å²) in [4.78, 5) is 10.3. The van der Waals surface area contributed by atoms with Crippen LogP contribution in [0.3, 0.4) is 0 Å². The van der Waals surface area contributed by atoms with Crippen LogP contribution >= 0.6 is 0 Å². The SMILES string of the molecule is NC(C=O)C1OC(O)C(O)C(O)C1O. The topological polar surface area (TPSA) is 133 Å². The van der Waals surface area contributed by atoms with Crippen LogP contribution in [-0.4, -0.2) is 63.5 Å². The highest BCUT2D eigenvalue weighted by molar-refractivity contribution is 5.58. The van der Waals surface area contributed by atoms with Crippen LogP contribution in [0.5, 0.6) is 0 Å². The summed E-state index contributed by atoms with van der Waals surface area (Å²) in [6.07, 6.45) is -7.26. The van der Waals surface area contributed by atoms with Crippen molar-refractivity contribution in [1.29, 1.82) is 0 Å². The Kier molecular flexibility index (Phi) is 3.53. The maximum Gasteiger partial charge on any atom is 0.184 e. The van der Waals surface area contributed by atoms with Gasteiger partial charge in [-0.15, -0.1) is 0 Å². The smallest absolute Gasteiger partial charge is 0.184 e. The van der Waals surface area contributed by atoms with Gasteiger partial charge in [0.2, 0.25) is 0 Å². The predicted octanol–water partition coefficient (Wildman–Crippen LogP) is -3.69. The third-order valence-corrected chi connectivity index (χ3v) is 2.16. The van der Waals surface area contributed by atoms with Crippen LogP contribution < -0.4 is 5.73 Å². The lowest BCUT2D eigenvalue weighted by molar-refractivity contribution is -0.283. The zero-order valence-electron chi connectivity index (χ0n) is 7.22. The van der Waals surface area contributed by atoms with E-state index in [0.29, 0.717) is 6.29 Å². The Hall–Kier alpha value is -0.570. The van der Waals surface area contributed by atoms with Crippen LogP contribution in [0.1, 0.15) is 0 Å². The summed E-state index contributed by atoms with van der Waals surface area (Å²) in [5, 5.41) is 36.7. The number of hydrogen-bond acceptors (Lipinski definition) is 7. The van der Waals surface area contributed by atoms with Gasteiger partial charge in [-0.05, 0) is 0 Å². The first kappa shape index (κ1) is 11.5. The Morgan fingerprint density at radius 2 is 1.71 bits per heavy atom. The summed E-state index contributed by atoms with van der Waals surface area (Å²) in [5.41, 5.74) is 5.25. The molecule has 6 atom stereocenters. The minimum Gasteiger partial charge on any atom is -0.388 e. The van der Waals surface area contributed by atoms with E-state index in [9.17, 15) is 15.0 Å². The van der Waals surface area contributed by atoms with E-state index in [0.717, 1.165) is 0 Å². The summed E-state index contributed by atoms with van der Waals surface area (Å²) in [7, 11) is 0. The van der Waals surface area contributed by atoms with Crippen LogP contribution in [0.2, 0.25) is 0 Å². The molecule has 0 saturated carbocycles. The third kappa shape index (κ3) is 1.92. The Morgan fingerprint density at radius 1 is 1.14 bits per heavy atom. The Bertz CT molecular complexity index is 212. The average molecular weight is 207 g/mol. The fourth-order valence-corrected chi connectivity index (χ4v) is 1.28. The fraction of sp³-hybridized carbons (Fsp3) is 0.857. The van der Waals surface area contributed by atoms with Crippen molar-refractivity contribution in [2.45, 2.75) is 36.7 Å². The highest BCUT2D eigenvalue weighted by Gasteiger charge is 2.45. The molecule has 0 aromatic heterocycles. The number of carbonyl (C=O) groups excluding carboxylic acids is 1. The van der Waals surface area contributed by atoms with Crippen molar-refractivity contribution in [1.82, 2.24) is 0 Å². The Balaban J connectivity index is 2.74. The van der Waals surface area contributed by atoms with Crippen molar-refractivity contribution in [2.75, 3.05) is 0 Å². The molecule has 1 saturated heterocycles. The molecule has 1 fully saturated rings. The molecule has 0 aliphatic carbocycles. The number of rotatable bonds is 2. The summed E-state index contributed by atoms with van der Waals surface area (Å²) in [6, 6.07) is -1.17. The van der Waals surface area contributed by atoms with Crippen LogP contribution in [0.4, 0.5) is 0 Å². The molecule has 1 aliphatic heterocycles. The fourth-order valence-electron chi connectivity index (χ4n) is 1.28. The second-order valence-electron chi connectivity index (χ2n) is 3.18. The number of aliphatic hydroxyl groups excluding tert-OH is 4. The highest BCUT2D eigenvalue weighted by atomic mass is 16.6. The standard InChI is InChI=1S/C7H13NO6/c8-2(1-9)6-4(11)3(10)5(12)7(13)14-6/h1-7,10-13H,8H2. The van der Waals surface area contributed by atoms with Gasteiger partial charge >= 0.3 is 0 Å². The normalized spacial score (nSPS) is 45.9. The van der Waals surface area contributed by atoms with Gasteiger partial charge < -0.3 is 35.7 Å². The molecule has 0 aromatic carbocycles. The molecule has 0 bridgehead atoms. The quantitative estimate of drug-likeness (QED) is 0.294. The number of carbonyl (C=O) groups is 1. The largest absolute Gasteiger partial charge is 0.388 e. The molecular weight excluding hydrogens is 194 g/mol. The third-order valence-electron chi connectivity index (χ3n) is 2.16. The molecular formula is C7H13NO6. The van der Waals surface area contributed by atoms with E-state index in [2.05, 4.69) is 4.74 Å². The lowest BCUT2D eigenvalue weighted by Crippen LogP contribution is -2.62. The maximum atomic E-state index is 10.3. The molecule has 1 heterocycles. The van der Waals surface area contributed by atoms with Crippen molar-refractivity contribution >= 4 is 6.29 Å². The van der Waals surface area contributed by atoms with Crippen molar-refractivity contribution in [2.24, 2.45) is 5.73 Å². The Labute approximate surface area is 79.7 Å². The van der Waals surface area contributed by atoms with Gasteiger partial charge in [0.1, 0.15) is 30.7 Å². The van der Waals surface area contributed by atoms with Crippen molar-refractivity contribution in [3.8, 4) is 0 Å². The minimum atomic E-state index is -1.66. The minimum absolute atomic E-state index is 0.324. The second-order valence-corrected chi connectivity index (χ2v) is 3.18. The van der Waals surface area contributed by atoms with E-state index < -0.39 is 36.7 Å². The number of aliphatic hydroxyl groups is 4. The van der Waals surface area contributed by atoms with E-state index in [1.165, 1.54) is 0 Å². The molecule has 0 aromatic rings. The van der Waals surface area contributed by atoms with Crippen LogP contribution in [0.25, 0.3) is 0 Å². The van der Waals surface area contributed by atoms with Crippen molar-refractivity contribution in [3.05, 3.63) is 0 Å². The van der Waals surface area contributed by atoms with Gasteiger partial charge in [0.15, 0.2) is 6.29 Å². The summed E-state index contributed by atoms with van der Waals surface area (Å²) >= 11 is 0. The second kappa shape index (κ2) is 4.30. The van der Waals surface area contributed by atoms with E-state index in [1.807, 2.05) is 0 Å². The molecule has 1 rings (SSSR count). The molecule has 0 amide bonds. The van der Waals surface area contributed by atoms with E-state index >= 15 is 0 Å². The highest BCUT2D eigenvalue weighted by Crippen LogP contribution is 2.20. The van der Waals surface area contributed by atoms with Gasteiger partial charge in [-0.25, -0.2) is 0 Å². The molecule has 7 nitrogen and oxygen atoms in total. The zero-order valence-corrected chi connectivity index (χ0v) is 7.22. The van der Waals surface area contributed by atoms with Crippen LogP contribution in [0.15, 0.2) is 0 Å². The molecule has 6 unspecified atom stereocenters. The van der Waals surface area contributed by atoms with E-state index in [-0.39, 0.29) is 0 Å². The zero-order chi connectivity index (χ0) is 10.9. The first-order valence-corrected chi connectivity index (χ1v) is 4.07. The van der Waals surface area contributed by atoms with E-state index in [1.54, 1.807) is 0 Å². The molecule has 0 radical (unpaired) electrons. The predicted molar refractivity (Wildman–Crippen MR) is 42.9 cm³/mol. The number of nitrogens with two attached hydrogens (primary N) is 1. The van der Waals surface area contributed by atoms with Crippen LogP contribution in [0, 0.1) is 0 Å². The lowest BCUT2D eigenvalue weighted by Gasteiger charge is -2.39. The number of aldehydes is 1. The van der Waals surface area contributed by atoms with Gasteiger partial charge in [0.05, 0.1) is 6.04 Å². The van der Waals surface area contributed by atoms with Gasteiger partial charge in [-0.2, -0.15) is 0 Å². The van der Waals surface area contributed by atoms with Crippen LogP contribution in [-0.2, 0) is 9.53 Å². The van der Waals surface area contributed by atoms with Crippen molar-refractivity contribution in [3.63, 3.8) is 0 Å². The molecule has 14 heavy (non-hydrogen) atoms. The lowest BCUT2D eigenvalue weighted by atomic mass is 9.95. The van der Waals surface area contributed by atoms with E-state index in [4.69, 9.17) is 15.9 Å². The van der Waals surface area contributed by atoms with Gasteiger partial charge in [0.25, 0.3) is 0 Å². The summed E-state index contributed by atoms with van der Waals surface area (Å²) < 4.78 is 4.67. The molecule has 6 N–H and O–H groups in total. The van der Waals surface area contributed by atoms with Gasteiger partial charge in [-0.3, -0.25) is 0 Å². The monoisotopic (exact) mass is 207 g/mol.